The largest absolute Gasteiger partial charge is 0.496 e. The molecular formula is C12H19BrN2O. The molecule has 0 saturated heterocycles. The molecule has 0 bridgehead atoms. The molecule has 0 fully saturated rings. The molecule has 0 atom stereocenters. The van der Waals surface area contributed by atoms with Crippen molar-refractivity contribution in [1.29, 1.82) is 0 Å². The minimum Gasteiger partial charge on any atom is -0.496 e. The molecule has 3 N–H and O–H groups in total. The number of nitrogens with one attached hydrogen (secondary N) is 1. The van der Waals surface area contributed by atoms with Crippen molar-refractivity contribution < 1.29 is 4.74 Å². The first-order valence-electron chi connectivity index (χ1n) is 5.27. The van der Waals surface area contributed by atoms with E-state index in [1.165, 1.54) is 22.3 Å². The van der Waals surface area contributed by atoms with E-state index in [4.69, 9.17) is 10.5 Å². The van der Waals surface area contributed by atoms with Crippen LogP contribution in [-0.4, -0.2) is 13.8 Å². The summed E-state index contributed by atoms with van der Waals surface area (Å²) < 4.78 is 6.64. The number of ether oxygens (including phenoxy) is 1. The molecule has 0 spiro atoms. The van der Waals surface area contributed by atoms with Gasteiger partial charge in [0.1, 0.15) is 5.75 Å². The number of hydrogen-bond acceptors (Lipinski definition) is 3. The fraction of sp³-hybridized carbons (Fsp3) is 0.500. The summed E-state index contributed by atoms with van der Waals surface area (Å²) in [7, 11) is 1.71. The van der Waals surface area contributed by atoms with Crippen LogP contribution in [0.3, 0.4) is 0 Å². The molecule has 0 unspecified atom stereocenters. The van der Waals surface area contributed by atoms with Gasteiger partial charge in [-0.3, -0.25) is 0 Å². The third-order valence-corrected chi connectivity index (χ3v) is 4.13. The first-order chi connectivity index (χ1) is 7.54. The maximum atomic E-state index is 5.49. The van der Waals surface area contributed by atoms with Crippen molar-refractivity contribution in [3.05, 3.63) is 26.7 Å². The van der Waals surface area contributed by atoms with Crippen molar-refractivity contribution in [1.82, 2.24) is 5.32 Å². The average molecular weight is 287 g/mol. The van der Waals surface area contributed by atoms with Crippen LogP contribution in [0.2, 0.25) is 0 Å². The minimum absolute atomic E-state index is 0.465. The summed E-state index contributed by atoms with van der Waals surface area (Å²) in [5.74, 6) is 0.958. The van der Waals surface area contributed by atoms with E-state index < -0.39 is 0 Å². The number of halogens is 1. The Bertz CT molecular complexity index is 391. The zero-order valence-electron chi connectivity index (χ0n) is 10.3. The van der Waals surface area contributed by atoms with Crippen LogP contribution in [0, 0.1) is 20.8 Å². The van der Waals surface area contributed by atoms with Crippen LogP contribution in [0.5, 0.6) is 5.75 Å². The molecule has 1 rings (SSSR count). The molecule has 0 heterocycles. The van der Waals surface area contributed by atoms with Crippen molar-refractivity contribution in [3.8, 4) is 5.75 Å². The molecular weight excluding hydrogens is 268 g/mol. The Morgan fingerprint density at radius 2 is 1.81 bits per heavy atom. The summed E-state index contributed by atoms with van der Waals surface area (Å²) in [6.07, 6.45) is 0. The van der Waals surface area contributed by atoms with E-state index >= 15 is 0 Å². The van der Waals surface area contributed by atoms with Gasteiger partial charge in [0, 0.05) is 23.2 Å². The van der Waals surface area contributed by atoms with Gasteiger partial charge >= 0.3 is 0 Å². The van der Waals surface area contributed by atoms with Gasteiger partial charge in [-0.25, -0.2) is 0 Å². The summed E-state index contributed by atoms with van der Waals surface area (Å²) >= 11 is 3.62. The van der Waals surface area contributed by atoms with Gasteiger partial charge < -0.3 is 15.8 Å². The molecule has 0 amide bonds. The van der Waals surface area contributed by atoms with Gasteiger partial charge in [0.05, 0.1) is 7.11 Å². The Morgan fingerprint density at radius 3 is 2.31 bits per heavy atom. The number of hydrogen-bond donors (Lipinski definition) is 2. The summed E-state index contributed by atoms with van der Waals surface area (Å²) in [5.41, 5.74) is 10.2. The predicted molar refractivity (Wildman–Crippen MR) is 70.8 cm³/mol. The first-order valence-corrected chi connectivity index (χ1v) is 6.06. The van der Waals surface area contributed by atoms with Crippen molar-refractivity contribution in [2.24, 2.45) is 5.73 Å². The van der Waals surface area contributed by atoms with Gasteiger partial charge in [-0.2, -0.15) is 0 Å². The molecule has 1 aromatic carbocycles. The number of benzene rings is 1. The molecule has 90 valence electrons. The second kappa shape index (κ2) is 5.66. The topological polar surface area (TPSA) is 47.3 Å². The van der Waals surface area contributed by atoms with Gasteiger partial charge in [0.2, 0.25) is 0 Å². The Kier molecular flexibility index (Phi) is 4.77. The maximum absolute atomic E-state index is 5.49. The molecule has 16 heavy (non-hydrogen) atoms. The van der Waals surface area contributed by atoms with Crippen LogP contribution in [0.1, 0.15) is 22.3 Å². The van der Waals surface area contributed by atoms with Crippen LogP contribution in [0.15, 0.2) is 4.47 Å². The van der Waals surface area contributed by atoms with E-state index in [2.05, 4.69) is 42.0 Å². The molecule has 0 aliphatic rings. The minimum atomic E-state index is 0.465. The second-order valence-corrected chi connectivity index (χ2v) is 4.62. The van der Waals surface area contributed by atoms with Crippen molar-refractivity contribution >= 4 is 15.9 Å². The molecule has 3 nitrogen and oxygen atoms in total. The fourth-order valence-electron chi connectivity index (χ4n) is 1.83. The summed E-state index contributed by atoms with van der Waals surface area (Å²) in [6.45, 7) is 7.45. The quantitative estimate of drug-likeness (QED) is 0.836. The number of rotatable bonds is 4. The van der Waals surface area contributed by atoms with Crippen molar-refractivity contribution in [3.63, 3.8) is 0 Å². The third-order valence-electron chi connectivity index (χ3n) is 2.94. The van der Waals surface area contributed by atoms with Crippen molar-refractivity contribution in [2.75, 3.05) is 13.8 Å². The zero-order valence-corrected chi connectivity index (χ0v) is 11.9. The second-order valence-electron chi connectivity index (χ2n) is 3.83. The highest BCUT2D eigenvalue weighted by Crippen LogP contribution is 2.35. The first kappa shape index (κ1) is 13.5. The van der Waals surface area contributed by atoms with Gasteiger partial charge in [-0.1, -0.05) is 15.9 Å². The molecule has 4 heteroatoms. The lowest BCUT2D eigenvalue weighted by atomic mass is 9.99. The van der Waals surface area contributed by atoms with E-state index in [-0.39, 0.29) is 0 Å². The van der Waals surface area contributed by atoms with Crippen LogP contribution >= 0.6 is 15.9 Å². The van der Waals surface area contributed by atoms with E-state index in [0.717, 1.165) is 16.8 Å². The Balaban J connectivity index is 3.33. The SMILES string of the molecule is COc1c(C)c(C)c(Br)c(C)c1CNCN. The molecule has 0 aromatic heterocycles. The molecule has 0 aliphatic heterocycles. The molecule has 1 aromatic rings. The van der Waals surface area contributed by atoms with Gasteiger partial charge in [0.25, 0.3) is 0 Å². The van der Waals surface area contributed by atoms with Gasteiger partial charge in [-0.05, 0) is 37.5 Å². The monoisotopic (exact) mass is 286 g/mol. The normalized spacial score (nSPS) is 10.6. The molecule has 0 saturated carbocycles. The third kappa shape index (κ3) is 2.39. The Labute approximate surface area is 105 Å². The van der Waals surface area contributed by atoms with Crippen LogP contribution < -0.4 is 15.8 Å². The predicted octanol–water partition coefficient (Wildman–Crippen LogP) is 2.39. The number of methoxy groups -OCH3 is 1. The van der Waals surface area contributed by atoms with E-state index in [9.17, 15) is 0 Å². The highest BCUT2D eigenvalue weighted by molar-refractivity contribution is 9.10. The van der Waals surface area contributed by atoms with E-state index in [1.54, 1.807) is 7.11 Å². The van der Waals surface area contributed by atoms with Crippen LogP contribution in [-0.2, 0) is 6.54 Å². The summed E-state index contributed by atoms with van der Waals surface area (Å²) in [4.78, 5) is 0. The summed E-state index contributed by atoms with van der Waals surface area (Å²) in [6, 6.07) is 0. The highest BCUT2D eigenvalue weighted by atomic mass is 79.9. The average Bonchev–Trinajstić information content (AvgIpc) is 2.29. The lowest BCUT2D eigenvalue weighted by molar-refractivity contribution is 0.403. The van der Waals surface area contributed by atoms with E-state index in [1.807, 2.05) is 0 Å². The Morgan fingerprint density at radius 1 is 1.19 bits per heavy atom. The zero-order chi connectivity index (χ0) is 12.3. The Hall–Kier alpha value is -0.580. The standard InChI is InChI=1S/C12H19BrN2O/c1-7-8(2)12(16-4)10(5-15-6-14)9(3)11(7)13/h15H,5-6,14H2,1-4H3. The smallest absolute Gasteiger partial charge is 0.126 e. The van der Waals surface area contributed by atoms with Crippen molar-refractivity contribution in [2.45, 2.75) is 27.3 Å². The highest BCUT2D eigenvalue weighted by Gasteiger charge is 2.15. The van der Waals surface area contributed by atoms with Gasteiger partial charge in [0.15, 0.2) is 0 Å². The molecule has 0 radical (unpaired) electrons. The molecule has 0 aliphatic carbocycles. The van der Waals surface area contributed by atoms with E-state index in [0.29, 0.717) is 6.67 Å². The lowest BCUT2D eigenvalue weighted by Gasteiger charge is -2.19. The van der Waals surface area contributed by atoms with Crippen LogP contribution in [0.25, 0.3) is 0 Å². The fourth-order valence-corrected chi connectivity index (χ4v) is 2.37. The lowest BCUT2D eigenvalue weighted by Crippen LogP contribution is -2.22. The number of nitrogens with two attached hydrogens (primary N) is 1. The maximum Gasteiger partial charge on any atom is 0.126 e. The van der Waals surface area contributed by atoms with Gasteiger partial charge in [-0.15, -0.1) is 0 Å². The van der Waals surface area contributed by atoms with Crippen LogP contribution in [0.4, 0.5) is 0 Å². The summed E-state index contributed by atoms with van der Waals surface area (Å²) in [5, 5.41) is 3.13.